The Morgan fingerprint density at radius 1 is 1.12 bits per heavy atom. The Hall–Kier alpha value is -2.25. The lowest BCUT2D eigenvalue weighted by atomic mass is 10.2. The summed E-state index contributed by atoms with van der Waals surface area (Å²) in [5, 5.41) is 0. The summed E-state index contributed by atoms with van der Waals surface area (Å²) in [5.74, 6) is 0.0909. The van der Waals surface area contributed by atoms with Crippen molar-refractivity contribution in [2.45, 2.75) is 31.1 Å². The molecule has 0 atom stereocenters. The van der Waals surface area contributed by atoms with Crippen molar-refractivity contribution in [1.82, 2.24) is 9.29 Å². The third-order valence-electron chi connectivity index (χ3n) is 4.61. The lowest BCUT2D eigenvalue weighted by Gasteiger charge is -2.21. The van der Waals surface area contributed by atoms with Gasteiger partial charge in [-0.3, -0.25) is 9.78 Å². The van der Waals surface area contributed by atoms with E-state index in [-0.39, 0.29) is 10.8 Å². The van der Waals surface area contributed by atoms with Gasteiger partial charge in [0, 0.05) is 44.1 Å². The molecule has 1 aromatic carbocycles. The van der Waals surface area contributed by atoms with Crippen LogP contribution in [0.3, 0.4) is 0 Å². The van der Waals surface area contributed by atoms with Crippen LogP contribution in [0.25, 0.3) is 0 Å². The largest absolute Gasteiger partial charge is 0.312 e. The summed E-state index contributed by atoms with van der Waals surface area (Å²) in [6.45, 7) is 3.34. The van der Waals surface area contributed by atoms with Gasteiger partial charge in [0.05, 0.1) is 4.90 Å². The Bertz CT molecular complexity index is 851. The molecule has 6 nitrogen and oxygen atoms in total. The van der Waals surface area contributed by atoms with Gasteiger partial charge < -0.3 is 4.90 Å². The minimum Gasteiger partial charge on any atom is -0.312 e. The van der Waals surface area contributed by atoms with Crippen molar-refractivity contribution in [3.8, 4) is 0 Å². The van der Waals surface area contributed by atoms with Crippen LogP contribution in [0.2, 0.25) is 0 Å². The molecule has 1 saturated heterocycles. The number of pyridine rings is 1. The second-order valence-electron chi connectivity index (χ2n) is 6.24. The maximum Gasteiger partial charge on any atom is 0.243 e. The van der Waals surface area contributed by atoms with Crippen LogP contribution in [-0.2, 0) is 21.2 Å². The number of sulfonamides is 1. The van der Waals surface area contributed by atoms with Crippen LogP contribution in [0, 0.1) is 0 Å². The van der Waals surface area contributed by atoms with Gasteiger partial charge >= 0.3 is 0 Å². The van der Waals surface area contributed by atoms with Crippen molar-refractivity contribution in [3.05, 3.63) is 54.4 Å². The summed E-state index contributed by atoms with van der Waals surface area (Å²) in [6.07, 6.45) is 5.45. The predicted octanol–water partition coefficient (Wildman–Crippen LogP) is 2.46. The second-order valence-corrected chi connectivity index (χ2v) is 8.18. The fourth-order valence-electron chi connectivity index (χ4n) is 3.12. The molecular formula is C19H23N3O3S. The highest BCUT2D eigenvalue weighted by molar-refractivity contribution is 7.89. The molecule has 0 aliphatic carbocycles. The minimum atomic E-state index is -3.56. The van der Waals surface area contributed by atoms with Gasteiger partial charge in [-0.1, -0.05) is 6.92 Å². The van der Waals surface area contributed by atoms with Gasteiger partial charge in [-0.25, -0.2) is 8.42 Å². The fraction of sp³-hybridized carbons (Fsp3) is 0.368. The number of aromatic nitrogens is 1. The number of hydrogen-bond acceptors (Lipinski definition) is 4. The number of nitrogens with zero attached hydrogens (tertiary/aromatic N) is 3. The van der Waals surface area contributed by atoms with E-state index in [9.17, 15) is 13.2 Å². The van der Waals surface area contributed by atoms with Crippen LogP contribution in [0.5, 0.6) is 0 Å². The topological polar surface area (TPSA) is 70.6 Å². The Morgan fingerprint density at radius 2 is 1.81 bits per heavy atom. The highest BCUT2D eigenvalue weighted by Gasteiger charge is 2.25. The molecular weight excluding hydrogens is 350 g/mol. The number of amides is 1. The van der Waals surface area contributed by atoms with Crippen molar-refractivity contribution in [3.63, 3.8) is 0 Å². The van der Waals surface area contributed by atoms with Crippen molar-refractivity contribution >= 4 is 21.6 Å². The quantitative estimate of drug-likeness (QED) is 0.747. The number of carbonyl (C=O) groups is 1. The Morgan fingerprint density at radius 3 is 2.38 bits per heavy atom. The maximum atomic E-state index is 12.9. The van der Waals surface area contributed by atoms with Crippen LogP contribution >= 0.6 is 0 Å². The first-order chi connectivity index (χ1) is 12.5. The Labute approximate surface area is 154 Å². The maximum absolute atomic E-state index is 12.9. The summed E-state index contributed by atoms with van der Waals surface area (Å²) >= 11 is 0. The van der Waals surface area contributed by atoms with Crippen LogP contribution in [0.4, 0.5) is 5.69 Å². The molecule has 0 spiro atoms. The normalized spacial score (nSPS) is 15.0. The molecule has 0 radical (unpaired) electrons. The summed E-state index contributed by atoms with van der Waals surface area (Å²) in [7, 11) is -3.56. The fourth-order valence-corrected chi connectivity index (χ4v) is 4.57. The second kappa shape index (κ2) is 7.97. The van der Waals surface area contributed by atoms with E-state index in [0.29, 0.717) is 32.5 Å². The van der Waals surface area contributed by atoms with Crippen molar-refractivity contribution in [1.29, 1.82) is 0 Å². The highest BCUT2D eigenvalue weighted by atomic mass is 32.2. The van der Waals surface area contributed by atoms with Crippen LogP contribution < -0.4 is 4.90 Å². The summed E-state index contributed by atoms with van der Waals surface area (Å²) in [5.41, 5.74) is 1.81. The Balaban J connectivity index is 1.73. The van der Waals surface area contributed by atoms with Gasteiger partial charge in [0.25, 0.3) is 0 Å². The zero-order valence-corrected chi connectivity index (χ0v) is 15.7. The van der Waals surface area contributed by atoms with Gasteiger partial charge in [0.2, 0.25) is 15.9 Å². The average molecular weight is 373 g/mol. The van der Waals surface area contributed by atoms with Gasteiger partial charge in [-0.2, -0.15) is 4.31 Å². The lowest BCUT2D eigenvalue weighted by Crippen LogP contribution is -2.33. The molecule has 7 heteroatoms. The molecule has 1 aliphatic heterocycles. The molecule has 2 aromatic rings. The van der Waals surface area contributed by atoms with E-state index in [2.05, 4.69) is 4.98 Å². The lowest BCUT2D eigenvalue weighted by molar-refractivity contribution is -0.117. The van der Waals surface area contributed by atoms with Gasteiger partial charge in [0.15, 0.2) is 0 Å². The van der Waals surface area contributed by atoms with Crippen LogP contribution in [-0.4, -0.2) is 43.2 Å². The minimum absolute atomic E-state index is 0.0909. The number of carbonyl (C=O) groups excluding carboxylic acids is 1. The van der Waals surface area contributed by atoms with Gasteiger partial charge in [-0.15, -0.1) is 0 Å². The van der Waals surface area contributed by atoms with E-state index in [0.717, 1.165) is 17.7 Å². The van der Waals surface area contributed by atoms with E-state index in [1.165, 1.54) is 4.31 Å². The third-order valence-corrected chi connectivity index (χ3v) is 6.60. The summed E-state index contributed by atoms with van der Waals surface area (Å²) < 4.78 is 27.3. The average Bonchev–Trinajstić information content (AvgIpc) is 3.09. The van der Waals surface area contributed by atoms with Crippen molar-refractivity contribution < 1.29 is 13.2 Å². The molecule has 0 unspecified atom stereocenters. The first-order valence-corrected chi connectivity index (χ1v) is 10.3. The zero-order chi connectivity index (χ0) is 18.6. The number of likely N-dealkylation sites (N-methyl/N-ethyl adjacent to an activating group) is 1. The van der Waals surface area contributed by atoms with Crippen molar-refractivity contribution in [2.75, 3.05) is 24.5 Å². The van der Waals surface area contributed by atoms with E-state index >= 15 is 0 Å². The van der Waals surface area contributed by atoms with Gasteiger partial charge in [0.1, 0.15) is 0 Å². The predicted molar refractivity (Wildman–Crippen MR) is 100 cm³/mol. The van der Waals surface area contributed by atoms with E-state index in [1.807, 2.05) is 19.1 Å². The molecule has 1 fully saturated rings. The Kier molecular flexibility index (Phi) is 5.68. The summed E-state index contributed by atoms with van der Waals surface area (Å²) in [6, 6.07) is 10.4. The number of anilines is 1. The highest BCUT2D eigenvalue weighted by Crippen LogP contribution is 2.24. The molecule has 0 saturated carbocycles. The number of benzene rings is 1. The van der Waals surface area contributed by atoms with E-state index < -0.39 is 10.0 Å². The number of rotatable bonds is 7. The standard InChI is InChI=1S/C19H23N3O3S/c1-2-21(15-11-16-9-12-20-13-10-16)26(24,25)18-7-5-17(6-8-18)22-14-3-4-19(22)23/h5-10,12-13H,2-4,11,14-15H2,1H3. The van der Waals surface area contributed by atoms with Crippen LogP contribution in [0.15, 0.2) is 53.7 Å². The third kappa shape index (κ3) is 3.94. The molecule has 3 rings (SSSR count). The zero-order valence-electron chi connectivity index (χ0n) is 14.8. The summed E-state index contributed by atoms with van der Waals surface area (Å²) in [4.78, 5) is 17.8. The molecule has 2 heterocycles. The molecule has 138 valence electrons. The molecule has 1 aromatic heterocycles. The first kappa shape index (κ1) is 18.5. The molecule has 0 bridgehead atoms. The molecule has 1 amide bonds. The first-order valence-electron chi connectivity index (χ1n) is 8.82. The SMILES string of the molecule is CCN(CCc1ccncc1)S(=O)(=O)c1ccc(N2CCCC2=O)cc1. The van der Waals surface area contributed by atoms with E-state index in [1.54, 1.807) is 41.6 Å². The number of hydrogen-bond donors (Lipinski definition) is 0. The molecule has 26 heavy (non-hydrogen) atoms. The monoisotopic (exact) mass is 373 g/mol. The van der Waals surface area contributed by atoms with Gasteiger partial charge in [-0.05, 0) is 54.8 Å². The molecule has 1 aliphatic rings. The van der Waals surface area contributed by atoms with Crippen molar-refractivity contribution in [2.24, 2.45) is 0 Å². The smallest absolute Gasteiger partial charge is 0.243 e. The van der Waals surface area contributed by atoms with Crippen LogP contribution in [0.1, 0.15) is 25.3 Å². The van der Waals surface area contributed by atoms with E-state index in [4.69, 9.17) is 0 Å². The molecule has 0 N–H and O–H groups in total.